The number of carbonyl (C=O) groups is 2. The lowest BCUT2D eigenvalue weighted by atomic mass is 10.3. The molecule has 7 nitrogen and oxygen atoms in total. The van der Waals surface area contributed by atoms with Crippen LogP contribution in [0.25, 0.3) is 0 Å². The number of rotatable bonds is 6. The van der Waals surface area contributed by atoms with Gasteiger partial charge in [-0.3, -0.25) is 9.59 Å². The smallest absolute Gasteiger partial charge is 0.292 e. The van der Waals surface area contributed by atoms with E-state index in [2.05, 4.69) is 20.8 Å². The van der Waals surface area contributed by atoms with E-state index in [-0.39, 0.29) is 23.0 Å². The quantitative estimate of drug-likeness (QED) is 0.627. The van der Waals surface area contributed by atoms with Crippen molar-refractivity contribution >= 4 is 35.1 Å². The number of hydrogen-bond acceptors (Lipinski definition) is 6. The van der Waals surface area contributed by atoms with E-state index in [9.17, 15) is 18.4 Å². The Morgan fingerprint density at radius 3 is 2.59 bits per heavy atom. The number of benzene rings is 1. The van der Waals surface area contributed by atoms with Gasteiger partial charge in [0.1, 0.15) is 16.7 Å². The minimum atomic E-state index is -0.857. The number of halogens is 2. The Kier molecular flexibility index (Phi) is 5.77. The molecule has 0 aliphatic carbocycles. The van der Waals surface area contributed by atoms with Crippen LogP contribution in [-0.2, 0) is 4.79 Å². The van der Waals surface area contributed by atoms with Crippen molar-refractivity contribution in [1.82, 2.24) is 10.2 Å². The normalized spacial score (nSPS) is 10.4. The predicted molar refractivity (Wildman–Crippen MR) is 94.4 cm³/mol. The molecular weight excluding hydrogens is 378 g/mol. The molecule has 2 N–H and O–H groups in total. The summed E-state index contributed by atoms with van der Waals surface area (Å²) in [6.45, 7) is 0. The number of aromatic nitrogens is 2. The molecule has 1 aromatic carbocycles. The molecule has 3 rings (SSSR count). The number of amides is 2. The second-order valence-corrected chi connectivity index (χ2v) is 6.14. The van der Waals surface area contributed by atoms with E-state index in [1.54, 1.807) is 12.1 Å². The van der Waals surface area contributed by atoms with Gasteiger partial charge in [0.25, 0.3) is 5.91 Å². The summed E-state index contributed by atoms with van der Waals surface area (Å²) in [5.74, 6) is -2.22. The first-order valence-corrected chi connectivity index (χ1v) is 8.56. The van der Waals surface area contributed by atoms with E-state index in [1.165, 1.54) is 18.4 Å². The maximum atomic E-state index is 13.5. The van der Waals surface area contributed by atoms with Crippen LogP contribution in [0.15, 0.2) is 58.2 Å². The molecule has 138 valence electrons. The predicted octanol–water partition coefficient (Wildman–Crippen LogP) is 3.33. The summed E-state index contributed by atoms with van der Waals surface area (Å²) in [7, 11) is 0. The van der Waals surface area contributed by atoms with Crippen LogP contribution in [0.4, 0.5) is 20.3 Å². The fraction of sp³-hybridized carbons (Fsp3) is 0.0588. The van der Waals surface area contributed by atoms with Crippen LogP contribution in [0.2, 0.25) is 0 Å². The van der Waals surface area contributed by atoms with Crippen molar-refractivity contribution in [3.63, 3.8) is 0 Å². The van der Waals surface area contributed by atoms with Crippen molar-refractivity contribution < 1.29 is 22.8 Å². The Morgan fingerprint density at radius 1 is 1.07 bits per heavy atom. The van der Waals surface area contributed by atoms with Gasteiger partial charge in [0.2, 0.25) is 5.91 Å². The maximum Gasteiger partial charge on any atom is 0.292 e. The number of nitrogens with one attached hydrogen (secondary N) is 2. The van der Waals surface area contributed by atoms with Crippen LogP contribution in [0.3, 0.4) is 0 Å². The van der Waals surface area contributed by atoms with Crippen LogP contribution in [0.1, 0.15) is 10.6 Å². The molecular formula is C17H12F2N4O3S. The molecule has 2 amide bonds. The molecule has 2 heterocycles. The number of nitrogens with zero attached hydrogens (tertiary/aromatic N) is 2. The van der Waals surface area contributed by atoms with E-state index in [1.807, 2.05) is 0 Å². The number of thioether (sulfide) groups is 1. The molecule has 10 heteroatoms. The summed E-state index contributed by atoms with van der Waals surface area (Å²) in [6, 6.07) is 9.06. The van der Waals surface area contributed by atoms with Crippen LogP contribution < -0.4 is 10.6 Å². The molecule has 3 aromatic rings. The van der Waals surface area contributed by atoms with Crippen LogP contribution in [0.5, 0.6) is 0 Å². The Morgan fingerprint density at radius 2 is 1.93 bits per heavy atom. The van der Waals surface area contributed by atoms with Gasteiger partial charge in [-0.25, -0.2) is 8.78 Å². The molecule has 2 aromatic heterocycles. The third-order valence-corrected chi connectivity index (χ3v) is 4.10. The first-order chi connectivity index (χ1) is 13.0. The number of carbonyl (C=O) groups excluding carboxylic acids is 2. The summed E-state index contributed by atoms with van der Waals surface area (Å²) in [5, 5.41) is 13.0. The minimum absolute atomic E-state index is 0.0520. The van der Waals surface area contributed by atoms with Crippen LogP contribution in [0, 0.1) is 11.6 Å². The summed E-state index contributed by atoms with van der Waals surface area (Å²) >= 11 is 1.07. The second-order valence-electron chi connectivity index (χ2n) is 5.15. The van der Waals surface area contributed by atoms with E-state index < -0.39 is 23.4 Å². The first kappa shape index (κ1) is 18.5. The monoisotopic (exact) mass is 390 g/mol. The lowest BCUT2D eigenvalue weighted by Gasteiger charge is -2.06. The average molecular weight is 390 g/mol. The molecule has 0 atom stereocenters. The molecule has 0 radical (unpaired) electrons. The van der Waals surface area contributed by atoms with Gasteiger partial charge < -0.3 is 15.1 Å². The van der Waals surface area contributed by atoms with Gasteiger partial charge in [0, 0.05) is 6.07 Å². The number of anilines is 2. The largest absolute Gasteiger partial charge is 0.459 e. The molecule has 0 spiro atoms. The minimum Gasteiger partial charge on any atom is -0.459 e. The van der Waals surface area contributed by atoms with E-state index in [0.29, 0.717) is 11.1 Å². The van der Waals surface area contributed by atoms with Gasteiger partial charge >= 0.3 is 0 Å². The fourth-order valence-electron chi connectivity index (χ4n) is 1.97. The Bertz CT molecular complexity index is 949. The summed E-state index contributed by atoms with van der Waals surface area (Å²) in [5.41, 5.74) is -0.107. The summed E-state index contributed by atoms with van der Waals surface area (Å²) in [4.78, 5) is 23.7. The van der Waals surface area contributed by atoms with Gasteiger partial charge in [0.05, 0.1) is 17.7 Å². The molecule has 0 aliphatic heterocycles. The summed E-state index contributed by atoms with van der Waals surface area (Å²) in [6.07, 6.45) is 1.38. The lowest BCUT2D eigenvalue weighted by molar-refractivity contribution is -0.113. The average Bonchev–Trinajstić information content (AvgIpc) is 3.18. The van der Waals surface area contributed by atoms with Crippen molar-refractivity contribution in [1.29, 1.82) is 0 Å². The van der Waals surface area contributed by atoms with Crippen molar-refractivity contribution in [3.8, 4) is 0 Å². The lowest BCUT2D eigenvalue weighted by Crippen LogP contribution is -2.15. The zero-order chi connectivity index (χ0) is 19.2. The molecule has 0 bridgehead atoms. The Hall–Kier alpha value is -3.27. The Balaban J connectivity index is 1.51. The standard InChI is InChI=1S/C17H12F2N4O3S/c18-10-3-4-12(11(19)8-10)20-15(24)9-27-16-6-5-14(22-23-16)21-17(25)13-2-1-7-26-13/h1-8H,9H2,(H,20,24)(H,21,22,25). The second kappa shape index (κ2) is 8.41. The van der Waals surface area contributed by atoms with E-state index >= 15 is 0 Å². The van der Waals surface area contributed by atoms with Gasteiger partial charge in [-0.05, 0) is 36.4 Å². The molecule has 0 saturated carbocycles. The van der Waals surface area contributed by atoms with Gasteiger partial charge in [-0.2, -0.15) is 0 Å². The highest BCUT2D eigenvalue weighted by atomic mass is 32.2. The van der Waals surface area contributed by atoms with Crippen LogP contribution in [-0.4, -0.2) is 27.8 Å². The molecule has 0 aliphatic rings. The molecule has 0 fully saturated rings. The number of furan rings is 1. The van der Waals surface area contributed by atoms with Gasteiger partial charge in [-0.15, -0.1) is 10.2 Å². The third-order valence-electron chi connectivity index (χ3n) is 3.18. The van der Waals surface area contributed by atoms with Crippen molar-refractivity contribution in [2.24, 2.45) is 0 Å². The SMILES string of the molecule is O=C(CSc1ccc(NC(=O)c2ccco2)nn1)Nc1ccc(F)cc1F. The summed E-state index contributed by atoms with van der Waals surface area (Å²) < 4.78 is 31.3. The van der Waals surface area contributed by atoms with Crippen LogP contribution >= 0.6 is 11.8 Å². The molecule has 0 unspecified atom stereocenters. The third kappa shape index (κ3) is 5.11. The molecule has 0 saturated heterocycles. The first-order valence-electron chi connectivity index (χ1n) is 7.57. The van der Waals surface area contributed by atoms with Crippen molar-refractivity contribution in [3.05, 3.63) is 66.1 Å². The van der Waals surface area contributed by atoms with Crippen molar-refractivity contribution in [2.45, 2.75) is 5.03 Å². The highest BCUT2D eigenvalue weighted by Crippen LogP contribution is 2.18. The zero-order valence-corrected chi connectivity index (χ0v) is 14.4. The van der Waals surface area contributed by atoms with Crippen molar-refractivity contribution in [2.75, 3.05) is 16.4 Å². The Labute approximate surface area is 156 Å². The van der Waals surface area contributed by atoms with Gasteiger partial charge in [-0.1, -0.05) is 11.8 Å². The topological polar surface area (TPSA) is 97.1 Å². The zero-order valence-electron chi connectivity index (χ0n) is 13.6. The highest BCUT2D eigenvalue weighted by Gasteiger charge is 2.11. The fourth-order valence-corrected chi connectivity index (χ4v) is 2.58. The van der Waals surface area contributed by atoms with Gasteiger partial charge in [0.15, 0.2) is 11.6 Å². The van der Waals surface area contributed by atoms with E-state index in [4.69, 9.17) is 4.42 Å². The maximum absolute atomic E-state index is 13.5. The van der Waals surface area contributed by atoms with E-state index in [0.717, 1.165) is 23.9 Å². The molecule has 27 heavy (non-hydrogen) atoms. The highest BCUT2D eigenvalue weighted by molar-refractivity contribution is 7.99. The number of hydrogen-bond donors (Lipinski definition) is 2.